The monoisotopic (exact) mass is 271 g/mol. The van der Waals surface area contributed by atoms with Crippen molar-refractivity contribution in [2.75, 3.05) is 6.61 Å². The fourth-order valence-corrected chi connectivity index (χ4v) is 2.18. The van der Waals surface area contributed by atoms with Gasteiger partial charge in [0.15, 0.2) is 8.32 Å². The lowest BCUT2D eigenvalue weighted by atomic mass is 10.2. The Labute approximate surface area is 109 Å². The Morgan fingerprint density at radius 3 is 2.44 bits per heavy atom. The smallest absolute Gasteiger partial charge is 0.192 e. The fraction of sp³-hybridized carbons (Fsp3) is 0.615. The van der Waals surface area contributed by atoms with Gasteiger partial charge in [0, 0.05) is 0 Å². The summed E-state index contributed by atoms with van der Waals surface area (Å²) in [6, 6.07) is 2.77. The van der Waals surface area contributed by atoms with Gasteiger partial charge >= 0.3 is 0 Å². The third kappa shape index (κ3) is 3.86. The largest absolute Gasteiger partial charge is 0.414 e. The van der Waals surface area contributed by atoms with E-state index in [-0.39, 0.29) is 11.6 Å². The second-order valence-electron chi connectivity index (χ2n) is 5.99. The molecular formula is C13H22FNO2Si. The molecule has 0 amide bonds. The molecule has 0 bridgehead atoms. The quantitative estimate of drug-likeness (QED) is 0.855. The van der Waals surface area contributed by atoms with Crippen molar-refractivity contribution in [3.05, 3.63) is 29.8 Å². The van der Waals surface area contributed by atoms with Crippen molar-refractivity contribution in [1.82, 2.24) is 4.98 Å². The molecule has 0 saturated carbocycles. The minimum absolute atomic E-state index is 0.100. The normalized spacial score (nSPS) is 14.6. The highest BCUT2D eigenvalue weighted by molar-refractivity contribution is 6.74. The van der Waals surface area contributed by atoms with E-state index >= 15 is 0 Å². The van der Waals surface area contributed by atoms with Crippen LogP contribution in [0.3, 0.4) is 0 Å². The van der Waals surface area contributed by atoms with Crippen LogP contribution in [0.4, 0.5) is 4.39 Å². The second-order valence-corrected chi connectivity index (χ2v) is 10.8. The van der Waals surface area contributed by atoms with Crippen LogP contribution in [-0.4, -0.2) is 25.0 Å². The van der Waals surface area contributed by atoms with Crippen LogP contribution < -0.4 is 0 Å². The lowest BCUT2D eigenvalue weighted by Gasteiger charge is -2.36. The third-order valence-corrected chi connectivity index (χ3v) is 8.00. The lowest BCUT2D eigenvalue weighted by molar-refractivity contribution is 0.0969. The summed E-state index contributed by atoms with van der Waals surface area (Å²) < 4.78 is 18.6. The van der Waals surface area contributed by atoms with Gasteiger partial charge in [-0.05, 0) is 30.3 Å². The molecular weight excluding hydrogens is 249 g/mol. The molecule has 0 aliphatic rings. The molecule has 0 aliphatic heterocycles. The summed E-state index contributed by atoms with van der Waals surface area (Å²) in [6.45, 7) is 10.9. The fourth-order valence-electron chi connectivity index (χ4n) is 1.17. The molecule has 1 aromatic rings. The predicted octanol–water partition coefficient (Wildman–Crippen LogP) is 3.28. The first-order valence-corrected chi connectivity index (χ1v) is 8.98. The molecule has 0 aromatic carbocycles. The van der Waals surface area contributed by atoms with E-state index in [4.69, 9.17) is 4.43 Å². The molecule has 0 fully saturated rings. The Morgan fingerprint density at radius 1 is 1.39 bits per heavy atom. The van der Waals surface area contributed by atoms with Crippen molar-refractivity contribution in [1.29, 1.82) is 0 Å². The standard InChI is InChI=1S/C13H22FNO2Si/c1-13(2,3)18(4,5)17-9-12(16)11-7-6-10(14)8-15-11/h6-8,12,16H,9H2,1-5H3/t12-/m0/s1. The zero-order valence-electron chi connectivity index (χ0n) is 11.7. The number of pyridine rings is 1. The predicted molar refractivity (Wildman–Crippen MR) is 72.3 cm³/mol. The maximum atomic E-state index is 12.7. The van der Waals surface area contributed by atoms with Crippen LogP contribution in [0.25, 0.3) is 0 Å². The van der Waals surface area contributed by atoms with E-state index in [0.29, 0.717) is 5.69 Å². The van der Waals surface area contributed by atoms with Crippen LogP contribution in [0.1, 0.15) is 32.6 Å². The van der Waals surface area contributed by atoms with Gasteiger partial charge in [0.2, 0.25) is 0 Å². The first kappa shape index (κ1) is 15.3. The first-order valence-electron chi connectivity index (χ1n) is 6.07. The number of rotatable bonds is 4. The van der Waals surface area contributed by atoms with Gasteiger partial charge in [-0.25, -0.2) is 4.39 Å². The van der Waals surface area contributed by atoms with Crippen molar-refractivity contribution in [2.24, 2.45) is 0 Å². The SMILES string of the molecule is CC(C)(C)[Si](C)(C)OC[C@H](O)c1ccc(F)cn1. The van der Waals surface area contributed by atoms with Crippen LogP contribution >= 0.6 is 0 Å². The molecule has 1 atom stereocenters. The van der Waals surface area contributed by atoms with Crippen molar-refractivity contribution in [2.45, 2.75) is 45.0 Å². The summed E-state index contributed by atoms with van der Waals surface area (Å²) in [7, 11) is -1.87. The number of aliphatic hydroxyl groups is 1. The molecule has 0 radical (unpaired) electrons. The Hall–Kier alpha value is -0.783. The Morgan fingerprint density at radius 2 is 2.00 bits per heavy atom. The maximum Gasteiger partial charge on any atom is 0.192 e. The van der Waals surface area contributed by atoms with E-state index in [9.17, 15) is 9.50 Å². The van der Waals surface area contributed by atoms with Gasteiger partial charge in [-0.3, -0.25) is 4.98 Å². The van der Waals surface area contributed by atoms with Crippen LogP contribution in [0, 0.1) is 5.82 Å². The average Bonchev–Trinajstić information content (AvgIpc) is 2.25. The summed E-state index contributed by atoms with van der Waals surface area (Å²) in [5, 5.41) is 10.1. The van der Waals surface area contributed by atoms with Crippen LogP contribution in [0.15, 0.2) is 18.3 Å². The molecule has 0 unspecified atom stereocenters. The summed E-state index contributed by atoms with van der Waals surface area (Å²) in [6.07, 6.45) is 0.296. The van der Waals surface area contributed by atoms with Crippen molar-refractivity contribution < 1.29 is 13.9 Å². The average molecular weight is 271 g/mol. The van der Waals surface area contributed by atoms with E-state index in [1.54, 1.807) is 0 Å². The molecule has 0 aliphatic carbocycles. The summed E-state index contributed by atoms with van der Waals surface area (Å²) in [4.78, 5) is 3.85. The minimum atomic E-state index is -1.87. The zero-order valence-corrected chi connectivity index (χ0v) is 12.7. The third-order valence-electron chi connectivity index (χ3n) is 3.50. The molecule has 102 valence electrons. The Balaban J connectivity index is 2.61. The van der Waals surface area contributed by atoms with E-state index in [1.807, 2.05) is 0 Å². The van der Waals surface area contributed by atoms with Crippen molar-refractivity contribution in [3.63, 3.8) is 0 Å². The van der Waals surface area contributed by atoms with Gasteiger partial charge in [-0.1, -0.05) is 20.8 Å². The van der Waals surface area contributed by atoms with E-state index < -0.39 is 20.2 Å². The van der Waals surface area contributed by atoms with E-state index in [1.165, 1.54) is 12.1 Å². The zero-order chi connectivity index (χ0) is 14.0. The highest BCUT2D eigenvalue weighted by Crippen LogP contribution is 2.37. The number of hydrogen-bond donors (Lipinski definition) is 1. The lowest BCUT2D eigenvalue weighted by Crippen LogP contribution is -2.41. The highest BCUT2D eigenvalue weighted by atomic mass is 28.4. The van der Waals surface area contributed by atoms with Gasteiger partial charge in [-0.2, -0.15) is 0 Å². The molecule has 3 nitrogen and oxygen atoms in total. The van der Waals surface area contributed by atoms with Gasteiger partial charge in [0.1, 0.15) is 11.9 Å². The Kier molecular flexibility index (Phi) is 4.64. The first-order chi connectivity index (χ1) is 8.13. The van der Waals surface area contributed by atoms with Crippen molar-refractivity contribution in [3.8, 4) is 0 Å². The van der Waals surface area contributed by atoms with E-state index in [2.05, 4.69) is 38.8 Å². The van der Waals surface area contributed by atoms with Gasteiger partial charge in [0.25, 0.3) is 0 Å². The number of halogens is 1. The summed E-state index contributed by atoms with van der Waals surface area (Å²) >= 11 is 0. The number of aromatic nitrogens is 1. The van der Waals surface area contributed by atoms with Crippen LogP contribution in [-0.2, 0) is 4.43 Å². The minimum Gasteiger partial charge on any atom is -0.414 e. The van der Waals surface area contributed by atoms with Crippen LogP contribution in [0.5, 0.6) is 0 Å². The topological polar surface area (TPSA) is 42.4 Å². The highest BCUT2D eigenvalue weighted by Gasteiger charge is 2.37. The van der Waals surface area contributed by atoms with E-state index in [0.717, 1.165) is 6.20 Å². The van der Waals surface area contributed by atoms with Gasteiger partial charge in [-0.15, -0.1) is 0 Å². The van der Waals surface area contributed by atoms with Crippen LogP contribution in [0.2, 0.25) is 18.1 Å². The molecule has 1 rings (SSSR count). The molecule has 5 heteroatoms. The number of aliphatic hydroxyl groups excluding tert-OH is 1. The molecule has 1 aromatic heterocycles. The van der Waals surface area contributed by atoms with Crippen molar-refractivity contribution >= 4 is 8.32 Å². The summed E-state index contributed by atoms with van der Waals surface area (Å²) in [5.74, 6) is -0.406. The summed E-state index contributed by atoms with van der Waals surface area (Å²) in [5.41, 5.74) is 0.440. The molecule has 18 heavy (non-hydrogen) atoms. The number of hydrogen-bond acceptors (Lipinski definition) is 3. The van der Waals surface area contributed by atoms with Gasteiger partial charge in [0.05, 0.1) is 18.5 Å². The molecule has 0 spiro atoms. The second kappa shape index (κ2) is 5.46. The molecule has 1 heterocycles. The Bertz CT molecular complexity index is 387. The molecule has 0 saturated heterocycles. The number of nitrogens with zero attached hydrogens (tertiary/aromatic N) is 1. The molecule has 1 N–H and O–H groups in total. The van der Waals surface area contributed by atoms with Gasteiger partial charge < -0.3 is 9.53 Å². The maximum absolute atomic E-state index is 12.7.